The van der Waals surface area contributed by atoms with Gasteiger partial charge in [0.05, 0.1) is 5.56 Å². The number of carbonyl (C=O) groups is 2. The third kappa shape index (κ3) is 3.03. The van der Waals surface area contributed by atoms with E-state index >= 15 is 0 Å². The molecule has 1 saturated carbocycles. The highest BCUT2D eigenvalue weighted by Crippen LogP contribution is 2.29. The lowest BCUT2D eigenvalue weighted by atomic mass is 9.84. The van der Waals surface area contributed by atoms with Gasteiger partial charge in [0, 0.05) is 49.2 Å². The molecule has 2 aromatic rings. The van der Waals surface area contributed by atoms with E-state index in [1.54, 1.807) is 0 Å². The molecule has 0 atom stereocenters. The summed E-state index contributed by atoms with van der Waals surface area (Å²) < 4.78 is 1.99. The van der Waals surface area contributed by atoms with Gasteiger partial charge in [-0.3, -0.25) is 9.59 Å². The summed E-state index contributed by atoms with van der Waals surface area (Å²) in [5.41, 5.74) is 1.79. The van der Waals surface area contributed by atoms with Crippen LogP contribution >= 0.6 is 0 Å². The molecule has 1 aromatic heterocycles. The lowest BCUT2D eigenvalue weighted by molar-refractivity contribution is -0.139. The normalized spacial score (nSPS) is 19.0. The quantitative estimate of drug-likeness (QED) is 0.935. The molecule has 1 aliphatic heterocycles. The van der Waals surface area contributed by atoms with E-state index in [1.807, 2.05) is 47.0 Å². The first-order chi connectivity index (χ1) is 12.1. The van der Waals surface area contributed by atoms with E-state index in [4.69, 9.17) is 0 Å². The Morgan fingerprint density at radius 2 is 1.80 bits per heavy atom. The number of amides is 2. The second-order valence-corrected chi connectivity index (χ2v) is 7.37. The highest BCUT2D eigenvalue weighted by Gasteiger charge is 2.32. The SMILES string of the molecule is Cn1cc(C(=O)NC2CCN(C(=O)C3CCC3)CC2)c2ccccc21. The van der Waals surface area contributed by atoms with Gasteiger partial charge in [-0.15, -0.1) is 0 Å². The van der Waals surface area contributed by atoms with E-state index in [-0.39, 0.29) is 17.9 Å². The largest absolute Gasteiger partial charge is 0.350 e. The van der Waals surface area contributed by atoms with Gasteiger partial charge < -0.3 is 14.8 Å². The van der Waals surface area contributed by atoms with Crippen LogP contribution in [0.5, 0.6) is 0 Å². The molecule has 1 aliphatic carbocycles. The van der Waals surface area contributed by atoms with Gasteiger partial charge in [-0.25, -0.2) is 0 Å². The van der Waals surface area contributed by atoms with Crippen molar-refractivity contribution in [1.29, 1.82) is 0 Å². The molecule has 132 valence electrons. The topological polar surface area (TPSA) is 54.3 Å². The number of fused-ring (bicyclic) bond motifs is 1. The molecule has 1 N–H and O–H groups in total. The monoisotopic (exact) mass is 339 g/mol. The van der Waals surface area contributed by atoms with Crippen molar-refractivity contribution in [3.8, 4) is 0 Å². The Labute approximate surface area is 148 Å². The molecular weight excluding hydrogens is 314 g/mol. The number of aromatic nitrogens is 1. The van der Waals surface area contributed by atoms with E-state index in [1.165, 1.54) is 6.42 Å². The predicted octanol–water partition coefficient (Wildman–Crippen LogP) is 2.70. The van der Waals surface area contributed by atoms with E-state index in [0.717, 1.165) is 55.2 Å². The predicted molar refractivity (Wildman–Crippen MR) is 97.3 cm³/mol. The minimum absolute atomic E-state index is 0.0134. The second kappa shape index (κ2) is 6.54. The third-order valence-electron chi connectivity index (χ3n) is 5.74. The molecule has 5 heteroatoms. The summed E-state index contributed by atoms with van der Waals surface area (Å²) in [6.07, 6.45) is 6.88. The molecule has 1 saturated heterocycles. The molecule has 0 spiro atoms. The number of para-hydroxylation sites is 1. The average Bonchev–Trinajstić information content (AvgIpc) is 2.91. The van der Waals surface area contributed by atoms with Crippen LogP contribution in [0.4, 0.5) is 0 Å². The highest BCUT2D eigenvalue weighted by atomic mass is 16.2. The van der Waals surface area contributed by atoms with Gasteiger partial charge in [0.25, 0.3) is 5.91 Å². The van der Waals surface area contributed by atoms with Crippen molar-refractivity contribution in [3.63, 3.8) is 0 Å². The molecule has 0 radical (unpaired) electrons. The fourth-order valence-electron chi connectivity index (χ4n) is 3.94. The number of aryl methyl sites for hydroxylation is 1. The van der Waals surface area contributed by atoms with Crippen LogP contribution < -0.4 is 5.32 Å². The molecule has 1 aromatic carbocycles. The Bertz CT molecular complexity index is 798. The summed E-state index contributed by atoms with van der Waals surface area (Å²) in [7, 11) is 1.96. The lowest BCUT2D eigenvalue weighted by Gasteiger charge is -2.36. The van der Waals surface area contributed by atoms with Crippen LogP contribution in [0.3, 0.4) is 0 Å². The summed E-state index contributed by atoms with van der Waals surface area (Å²) in [4.78, 5) is 27.0. The number of carbonyl (C=O) groups excluding carboxylic acids is 2. The van der Waals surface area contributed by atoms with Crippen molar-refractivity contribution in [2.45, 2.75) is 38.1 Å². The molecule has 4 rings (SSSR count). The number of hydrogen-bond donors (Lipinski definition) is 1. The van der Waals surface area contributed by atoms with Crippen LogP contribution in [0, 0.1) is 5.92 Å². The summed E-state index contributed by atoms with van der Waals surface area (Å²) >= 11 is 0. The third-order valence-corrected chi connectivity index (χ3v) is 5.74. The Kier molecular flexibility index (Phi) is 4.24. The Balaban J connectivity index is 1.38. The molecule has 2 amide bonds. The van der Waals surface area contributed by atoms with Crippen molar-refractivity contribution in [2.24, 2.45) is 13.0 Å². The number of nitrogens with zero attached hydrogens (tertiary/aromatic N) is 2. The summed E-state index contributed by atoms with van der Waals surface area (Å²) in [6.45, 7) is 1.52. The van der Waals surface area contributed by atoms with Gasteiger partial charge in [-0.2, -0.15) is 0 Å². The maximum absolute atomic E-state index is 12.7. The standard InChI is InChI=1S/C20H25N3O2/c1-22-13-17(16-7-2-3-8-18(16)22)19(24)21-15-9-11-23(12-10-15)20(25)14-5-4-6-14/h2-3,7-8,13-15H,4-6,9-12H2,1H3,(H,21,24). The lowest BCUT2D eigenvalue weighted by Crippen LogP contribution is -2.48. The van der Waals surface area contributed by atoms with E-state index < -0.39 is 0 Å². The minimum atomic E-state index is -0.0134. The highest BCUT2D eigenvalue weighted by molar-refractivity contribution is 6.07. The van der Waals surface area contributed by atoms with Gasteiger partial charge in [0.2, 0.25) is 5.91 Å². The first-order valence-corrected chi connectivity index (χ1v) is 9.27. The fourth-order valence-corrected chi connectivity index (χ4v) is 3.94. The minimum Gasteiger partial charge on any atom is -0.350 e. The Morgan fingerprint density at radius 3 is 2.48 bits per heavy atom. The van der Waals surface area contributed by atoms with Crippen LogP contribution in [-0.2, 0) is 11.8 Å². The van der Waals surface area contributed by atoms with Gasteiger partial charge in [0.15, 0.2) is 0 Å². The summed E-state index contributed by atoms with van der Waals surface area (Å²) in [6, 6.07) is 8.11. The van der Waals surface area contributed by atoms with Crippen LogP contribution in [0.25, 0.3) is 10.9 Å². The first-order valence-electron chi connectivity index (χ1n) is 9.27. The number of hydrogen-bond acceptors (Lipinski definition) is 2. The molecule has 2 fully saturated rings. The number of rotatable bonds is 3. The summed E-state index contributed by atoms with van der Waals surface area (Å²) in [5, 5.41) is 4.15. The fraction of sp³-hybridized carbons (Fsp3) is 0.500. The zero-order valence-electron chi connectivity index (χ0n) is 14.7. The zero-order chi connectivity index (χ0) is 17.4. The number of benzene rings is 1. The van der Waals surface area contributed by atoms with Crippen molar-refractivity contribution in [1.82, 2.24) is 14.8 Å². The van der Waals surface area contributed by atoms with Gasteiger partial charge in [0.1, 0.15) is 0 Å². The van der Waals surface area contributed by atoms with Crippen LogP contribution in [-0.4, -0.2) is 40.4 Å². The maximum atomic E-state index is 12.7. The zero-order valence-corrected chi connectivity index (χ0v) is 14.7. The molecule has 25 heavy (non-hydrogen) atoms. The number of piperidine rings is 1. The molecule has 0 unspecified atom stereocenters. The van der Waals surface area contributed by atoms with E-state index in [2.05, 4.69) is 5.32 Å². The molecule has 0 bridgehead atoms. The molecule has 2 heterocycles. The molecule has 2 aliphatic rings. The number of nitrogens with one attached hydrogen (secondary N) is 1. The van der Waals surface area contributed by atoms with Gasteiger partial charge in [-0.1, -0.05) is 24.6 Å². The van der Waals surface area contributed by atoms with Crippen molar-refractivity contribution in [3.05, 3.63) is 36.0 Å². The van der Waals surface area contributed by atoms with E-state index in [9.17, 15) is 9.59 Å². The Morgan fingerprint density at radius 1 is 1.08 bits per heavy atom. The average molecular weight is 339 g/mol. The van der Waals surface area contributed by atoms with Crippen molar-refractivity contribution < 1.29 is 9.59 Å². The van der Waals surface area contributed by atoms with E-state index in [0.29, 0.717) is 5.91 Å². The van der Waals surface area contributed by atoms with Gasteiger partial charge >= 0.3 is 0 Å². The maximum Gasteiger partial charge on any atom is 0.253 e. The number of likely N-dealkylation sites (tertiary alicyclic amines) is 1. The van der Waals surface area contributed by atoms with Crippen LogP contribution in [0.2, 0.25) is 0 Å². The van der Waals surface area contributed by atoms with Crippen LogP contribution in [0.15, 0.2) is 30.5 Å². The van der Waals surface area contributed by atoms with Crippen molar-refractivity contribution >= 4 is 22.7 Å². The van der Waals surface area contributed by atoms with Crippen LogP contribution in [0.1, 0.15) is 42.5 Å². The first kappa shape index (κ1) is 16.2. The van der Waals surface area contributed by atoms with Crippen molar-refractivity contribution in [2.75, 3.05) is 13.1 Å². The molecule has 5 nitrogen and oxygen atoms in total. The van der Waals surface area contributed by atoms with Gasteiger partial charge in [-0.05, 0) is 31.7 Å². The molecular formula is C20H25N3O2. The second-order valence-electron chi connectivity index (χ2n) is 7.37. The Hall–Kier alpha value is -2.30. The summed E-state index contributed by atoms with van der Waals surface area (Å²) in [5.74, 6) is 0.576. The smallest absolute Gasteiger partial charge is 0.253 e.